The molecule has 0 spiro atoms. The van der Waals surface area contributed by atoms with E-state index in [9.17, 15) is 4.79 Å². The first-order chi connectivity index (χ1) is 9.72. The van der Waals surface area contributed by atoms with Gasteiger partial charge < -0.3 is 4.74 Å². The Morgan fingerprint density at radius 3 is 2.60 bits per heavy atom. The molecule has 0 fully saturated rings. The SMILES string of the molecule is COC(=O)c1ccccc1NN=Nc1ccccc1Cl. The number of nitrogens with one attached hydrogen (secondary N) is 1. The summed E-state index contributed by atoms with van der Waals surface area (Å²) >= 11 is 5.95. The second-order valence-corrected chi connectivity index (χ2v) is 4.21. The van der Waals surface area contributed by atoms with Gasteiger partial charge in [-0.3, -0.25) is 5.43 Å². The van der Waals surface area contributed by atoms with Crippen molar-refractivity contribution in [1.82, 2.24) is 0 Å². The van der Waals surface area contributed by atoms with Crippen molar-refractivity contribution in [3.63, 3.8) is 0 Å². The van der Waals surface area contributed by atoms with Crippen LogP contribution in [0.3, 0.4) is 0 Å². The number of methoxy groups -OCH3 is 1. The summed E-state index contributed by atoms with van der Waals surface area (Å²) in [6.45, 7) is 0. The van der Waals surface area contributed by atoms with Crippen LogP contribution in [0.1, 0.15) is 10.4 Å². The van der Waals surface area contributed by atoms with E-state index in [0.29, 0.717) is 22.0 Å². The van der Waals surface area contributed by atoms with Crippen LogP contribution in [0.4, 0.5) is 11.4 Å². The van der Waals surface area contributed by atoms with Crippen molar-refractivity contribution in [2.45, 2.75) is 0 Å². The van der Waals surface area contributed by atoms with Gasteiger partial charge in [-0.2, -0.15) is 0 Å². The Kier molecular flexibility index (Phi) is 4.68. The molecule has 0 unspecified atom stereocenters. The Morgan fingerprint density at radius 2 is 1.85 bits per heavy atom. The molecule has 2 aromatic carbocycles. The Morgan fingerprint density at radius 1 is 1.15 bits per heavy atom. The summed E-state index contributed by atoms with van der Waals surface area (Å²) in [5.41, 5.74) is 4.13. The van der Waals surface area contributed by atoms with Crippen molar-refractivity contribution < 1.29 is 9.53 Å². The number of para-hydroxylation sites is 1. The van der Waals surface area contributed by atoms with Crippen molar-refractivity contribution in [1.29, 1.82) is 0 Å². The predicted octanol–water partition coefficient (Wildman–Crippen LogP) is 4.24. The van der Waals surface area contributed by atoms with Crippen LogP contribution in [-0.4, -0.2) is 13.1 Å². The molecule has 6 heteroatoms. The Hall–Kier alpha value is -2.40. The van der Waals surface area contributed by atoms with Crippen molar-refractivity contribution in [3.8, 4) is 0 Å². The zero-order valence-corrected chi connectivity index (χ0v) is 11.5. The first-order valence-electron chi connectivity index (χ1n) is 5.81. The largest absolute Gasteiger partial charge is 0.465 e. The van der Waals surface area contributed by atoms with Gasteiger partial charge in [0.1, 0.15) is 5.69 Å². The molecule has 2 rings (SSSR count). The molecule has 102 valence electrons. The first-order valence-corrected chi connectivity index (χ1v) is 6.19. The van der Waals surface area contributed by atoms with E-state index in [1.54, 1.807) is 42.5 Å². The lowest BCUT2D eigenvalue weighted by atomic mass is 10.2. The number of anilines is 1. The fourth-order valence-electron chi connectivity index (χ4n) is 1.53. The zero-order valence-electron chi connectivity index (χ0n) is 10.7. The highest BCUT2D eigenvalue weighted by molar-refractivity contribution is 6.32. The van der Waals surface area contributed by atoms with Gasteiger partial charge in [-0.15, -0.1) is 5.11 Å². The summed E-state index contributed by atoms with van der Waals surface area (Å²) in [4.78, 5) is 11.6. The summed E-state index contributed by atoms with van der Waals surface area (Å²) in [6.07, 6.45) is 0. The highest BCUT2D eigenvalue weighted by Crippen LogP contribution is 2.24. The molecule has 0 aliphatic rings. The number of benzene rings is 2. The molecule has 0 radical (unpaired) electrons. The summed E-state index contributed by atoms with van der Waals surface area (Å²) in [7, 11) is 1.32. The van der Waals surface area contributed by atoms with Crippen LogP contribution in [0, 0.1) is 0 Å². The van der Waals surface area contributed by atoms with Gasteiger partial charge in [-0.05, 0) is 24.3 Å². The highest BCUT2D eigenvalue weighted by Gasteiger charge is 2.10. The molecular weight excluding hydrogens is 278 g/mol. The summed E-state index contributed by atoms with van der Waals surface area (Å²) in [5, 5.41) is 8.29. The van der Waals surface area contributed by atoms with Crippen molar-refractivity contribution in [3.05, 3.63) is 59.1 Å². The highest BCUT2D eigenvalue weighted by atomic mass is 35.5. The van der Waals surface area contributed by atoms with Crippen LogP contribution in [0.15, 0.2) is 58.9 Å². The minimum absolute atomic E-state index is 0.383. The maximum Gasteiger partial charge on any atom is 0.340 e. The minimum Gasteiger partial charge on any atom is -0.465 e. The van der Waals surface area contributed by atoms with Gasteiger partial charge in [-0.1, -0.05) is 41.1 Å². The fraction of sp³-hybridized carbons (Fsp3) is 0.0714. The molecular formula is C14H12ClN3O2. The van der Waals surface area contributed by atoms with E-state index in [-0.39, 0.29) is 0 Å². The number of hydrogen-bond donors (Lipinski definition) is 1. The number of carbonyl (C=O) groups excluding carboxylic acids is 1. The number of nitrogens with zero attached hydrogens (tertiary/aromatic N) is 2. The molecule has 0 bridgehead atoms. The van der Waals surface area contributed by atoms with Crippen LogP contribution < -0.4 is 5.43 Å². The molecule has 0 heterocycles. The van der Waals surface area contributed by atoms with E-state index in [1.165, 1.54) is 7.11 Å². The number of esters is 1. The van der Waals surface area contributed by atoms with Crippen molar-refractivity contribution >= 4 is 28.9 Å². The third-order valence-electron chi connectivity index (χ3n) is 2.51. The smallest absolute Gasteiger partial charge is 0.340 e. The maximum absolute atomic E-state index is 11.6. The minimum atomic E-state index is -0.443. The lowest BCUT2D eigenvalue weighted by molar-refractivity contribution is 0.0602. The van der Waals surface area contributed by atoms with Crippen LogP contribution >= 0.6 is 11.6 Å². The molecule has 1 N–H and O–H groups in total. The summed E-state index contributed by atoms with van der Waals surface area (Å²) < 4.78 is 4.69. The molecule has 0 saturated heterocycles. The second kappa shape index (κ2) is 6.68. The molecule has 0 aromatic heterocycles. The third-order valence-corrected chi connectivity index (χ3v) is 2.83. The lowest BCUT2D eigenvalue weighted by Gasteiger charge is -2.05. The van der Waals surface area contributed by atoms with Gasteiger partial charge in [0.05, 0.1) is 23.4 Å². The average Bonchev–Trinajstić information content (AvgIpc) is 2.49. The molecule has 0 aliphatic heterocycles. The second-order valence-electron chi connectivity index (χ2n) is 3.80. The third kappa shape index (κ3) is 3.33. The van der Waals surface area contributed by atoms with Gasteiger partial charge in [-0.25, -0.2) is 4.79 Å². The quantitative estimate of drug-likeness (QED) is 0.520. The zero-order chi connectivity index (χ0) is 14.4. The molecule has 0 amide bonds. The van der Waals surface area contributed by atoms with Crippen LogP contribution in [0.5, 0.6) is 0 Å². The fourth-order valence-corrected chi connectivity index (χ4v) is 1.71. The molecule has 0 atom stereocenters. The predicted molar refractivity (Wildman–Crippen MR) is 77.4 cm³/mol. The van der Waals surface area contributed by atoms with Crippen molar-refractivity contribution in [2.24, 2.45) is 10.3 Å². The van der Waals surface area contributed by atoms with Crippen LogP contribution in [0.2, 0.25) is 5.02 Å². The normalized spacial score (nSPS) is 10.5. The van der Waals surface area contributed by atoms with E-state index in [1.807, 2.05) is 6.07 Å². The standard InChI is InChI=1S/C14H12ClN3O2/c1-20-14(19)10-6-2-4-8-12(10)16-18-17-13-9-5-3-7-11(13)15/h2-9H,1H3,(H,16,17). The molecule has 2 aromatic rings. The van der Waals surface area contributed by atoms with E-state index in [0.717, 1.165) is 0 Å². The van der Waals surface area contributed by atoms with Gasteiger partial charge in [0, 0.05) is 0 Å². The number of halogens is 1. The number of ether oxygens (including phenoxy) is 1. The van der Waals surface area contributed by atoms with Gasteiger partial charge >= 0.3 is 5.97 Å². The average molecular weight is 290 g/mol. The van der Waals surface area contributed by atoms with Crippen molar-refractivity contribution in [2.75, 3.05) is 12.5 Å². The Bertz CT molecular complexity index is 644. The van der Waals surface area contributed by atoms with Gasteiger partial charge in [0.15, 0.2) is 0 Å². The molecule has 0 aliphatic carbocycles. The van der Waals surface area contributed by atoms with E-state index < -0.39 is 5.97 Å². The van der Waals surface area contributed by atoms with Gasteiger partial charge in [0.25, 0.3) is 0 Å². The first kappa shape index (κ1) is 14.0. The van der Waals surface area contributed by atoms with Gasteiger partial charge in [0.2, 0.25) is 0 Å². The lowest BCUT2D eigenvalue weighted by Crippen LogP contribution is -2.04. The number of rotatable bonds is 4. The number of hydrogen-bond acceptors (Lipinski definition) is 4. The van der Waals surface area contributed by atoms with Crippen LogP contribution in [-0.2, 0) is 4.74 Å². The molecule has 20 heavy (non-hydrogen) atoms. The Labute approximate surface area is 121 Å². The van der Waals surface area contributed by atoms with Crippen LogP contribution in [0.25, 0.3) is 0 Å². The maximum atomic E-state index is 11.6. The van der Waals surface area contributed by atoms with E-state index >= 15 is 0 Å². The molecule has 5 nitrogen and oxygen atoms in total. The number of carbonyl (C=O) groups is 1. The molecule has 0 saturated carbocycles. The Balaban J connectivity index is 2.16. The summed E-state index contributed by atoms with van der Waals surface area (Å²) in [6, 6.07) is 13.9. The van der Waals surface area contributed by atoms with E-state index in [4.69, 9.17) is 11.6 Å². The monoisotopic (exact) mass is 289 g/mol. The van der Waals surface area contributed by atoms with E-state index in [2.05, 4.69) is 20.5 Å². The topological polar surface area (TPSA) is 63.0 Å². The summed E-state index contributed by atoms with van der Waals surface area (Å²) in [5.74, 6) is -0.443.